The summed E-state index contributed by atoms with van der Waals surface area (Å²) in [5.41, 5.74) is 1.81. The third kappa shape index (κ3) is 4.13. The highest BCUT2D eigenvalue weighted by Gasteiger charge is 1.97. The number of benzene rings is 1. The summed E-state index contributed by atoms with van der Waals surface area (Å²) in [6, 6.07) is 7.62. The van der Waals surface area contributed by atoms with Crippen molar-refractivity contribution >= 4 is 17.7 Å². The van der Waals surface area contributed by atoms with E-state index in [1.54, 1.807) is 12.2 Å². The predicted octanol–water partition coefficient (Wildman–Crippen LogP) is 3.44. The molecule has 1 rings (SSSR count). The molecule has 0 aliphatic rings. The standard InChI is InChI=1S/C14H16NO/c1-3-5-10-14(16)15-13-9-6-8-12(11-13)7-4-2/h4-11H,2-3H2,1H3,(H,15,16)/b7-4+,10-5?. The molecule has 1 N–H and O–H groups in total. The average Bonchev–Trinajstić information content (AvgIpc) is 2.27. The van der Waals surface area contributed by atoms with E-state index in [2.05, 4.69) is 12.2 Å². The van der Waals surface area contributed by atoms with E-state index in [4.69, 9.17) is 0 Å². The predicted molar refractivity (Wildman–Crippen MR) is 68.9 cm³/mol. The Labute approximate surface area is 96.7 Å². The van der Waals surface area contributed by atoms with Crippen LogP contribution in [0.15, 0.2) is 42.5 Å². The topological polar surface area (TPSA) is 29.1 Å². The first-order chi connectivity index (χ1) is 7.76. The first-order valence-corrected chi connectivity index (χ1v) is 5.29. The Morgan fingerprint density at radius 1 is 1.50 bits per heavy atom. The summed E-state index contributed by atoms with van der Waals surface area (Å²) in [5.74, 6) is -0.0994. The third-order valence-corrected chi connectivity index (χ3v) is 1.97. The van der Waals surface area contributed by atoms with Gasteiger partial charge in [0.15, 0.2) is 0 Å². The Morgan fingerprint density at radius 2 is 2.31 bits per heavy atom. The fourth-order valence-electron chi connectivity index (χ4n) is 1.26. The summed E-state index contributed by atoms with van der Waals surface area (Å²) in [6.07, 6.45) is 7.84. The van der Waals surface area contributed by atoms with Gasteiger partial charge in [-0.2, -0.15) is 0 Å². The van der Waals surface area contributed by atoms with E-state index in [0.29, 0.717) is 0 Å². The summed E-state index contributed by atoms with van der Waals surface area (Å²) >= 11 is 0. The largest absolute Gasteiger partial charge is 0.323 e. The minimum atomic E-state index is -0.0994. The van der Waals surface area contributed by atoms with E-state index >= 15 is 0 Å². The number of hydrogen-bond acceptors (Lipinski definition) is 1. The molecule has 0 bridgehead atoms. The highest BCUT2D eigenvalue weighted by molar-refractivity contribution is 5.99. The van der Waals surface area contributed by atoms with E-state index in [9.17, 15) is 4.79 Å². The molecule has 0 spiro atoms. The van der Waals surface area contributed by atoms with E-state index in [1.807, 2.05) is 43.3 Å². The van der Waals surface area contributed by atoms with Crippen LogP contribution < -0.4 is 5.32 Å². The Morgan fingerprint density at radius 3 is 3.00 bits per heavy atom. The third-order valence-electron chi connectivity index (χ3n) is 1.97. The van der Waals surface area contributed by atoms with Gasteiger partial charge in [0.2, 0.25) is 5.91 Å². The van der Waals surface area contributed by atoms with Crippen LogP contribution in [-0.4, -0.2) is 5.91 Å². The van der Waals surface area contributed by atoms with Crippen molar-refractivity contribution < 1.29 is 4.79 Å². The summed E-state index contributed by atoms with van der Waals surface area (Å²) in [4.78, 5) is 11.4. The summed E-state index contributed by atoms with van der Waals surface area (Å²) < 4.78 is 0. The van der Waals surface area contributed by atoms with Crippen molar-refractivity contribution in [2.45, 2.75) is 13.3 Å². The monoisotopic (exact) mass is 214 g/mol. The van der Waals surface area contributed by atoms with Gasteiger partial charge in [-0.15, -0.1) is 0 Å². The van der Waals surface area contributed by atoms with Crippen LogP contribution in [0.4, 0.5) is 5.69 Å². The number of carbonyl (C=O) groups is 1. The molecule has 0 aromatic heterocycles. The summed E-state index contributed by atoms with van der Waals surface area (Å²) in [5, 5.41) is 2.80. The molecule has 0 saturated heterocycles. The first-order valence-electron chi connectivity index (χ1n) is 5.29. The molecule has 0 fully saturated rings. The van der Waals surface area contributed by atoms with Gasteiger partial charge < -0.3 is 5.32 Å². The lowest BCUT2D eigenvalue weighted by Crippen LogP contribution is -2.07. The minimum absolute atomic E-state index is 0.0994. The lowest BCUT2D eigenvalue weighted by Gasteiger charge is -2.02. The smallest absolute Gasteiger partial charge is 0.248 e. The van der Waals surface area contributed by atoms with Gasteiger partial charge in [0, 0.05) is 5.69 Å². The molecule has 0 saturated carbocycles. The van der Waals surface area contributed by atoms with Crippen LogP contribution in [0.25, 0.3) is 6.08 Å². The second kappa shape index (κ2) is 6.62. The van der Waals surface area contributed by atoms with Crippen molar-refractivity contribution in [1.29, 1.82) is 0 Å². The highest BCUT2D eigenvalue weighted by atomic mass is 16.1. The minimum Gasteiger partial charge on any atom is -0.323 e. The molecule has 2 nitrogen and oxygen atoms in total. The number of amides is 1. The lowest BCUT2D eigenvalue weighted by atomic mass is 10.2. The normalized spacial score (nSPS) is 11.1. The van der Waals surface area contributed by atoms with Crippen molar-refractivity contribution in [1.82, 2.24) is 0 Å². The molecule has 1 radical (unpaired) electrons. The lowest BCUT2D eigenvalue weighted by molar-refractivity contribution is -0.111. The zero-order chi connectivity index (χ0) is 11.8. The molecule has 16 heavy (non-hydrogen) atoms. The van der Waals surface area contributed by atoms with Crippen molar-refractivity contribution in [3.63, 3.8) is 0 Å². The molecular weight excluding hydrogens is 198 g/mol. The van der Waals surface area contributed by atoms with Crippen LogP contribution in [0.1, 0.15) is 18.9 Å². The molecule has 1 amide bonds. The van der Waals surface area contributed by atoms with Crippen LogP contribution in [0.2, 0.25) is 0 Å². The van der Waals surface area contributed by atoms with Crippen LogP contribution in [-0.2, 0) is 4.79 Å². The van der Waals surface area contributed by atoms with Crippen molar-refractivity contribution in [2.75, 3.05) is 5.32 Å². The van der Waals surface area contributed by atoms with Gasteiger partial charge in [-0.3, -0.25) is 4.79 Å². The molecule has 0 atom stereocenters. The van der Waals surface area contributed by atoms with E-state index in [0.717, 1.165) is 17.7 Å². The molecule has 0 aliphatic carbocycles. The maximum atomic E-state index is 11.4. The van der Waals surface area contributed by atoms with Crippen LogP contribution in [0.3, 0.4) is 0 Å². The molecular formula is C14H16NO. The summed E-state index contributed by atoms with van der Waals surface area (Å²) in [6.45, 7) is 5.62. The second-order valence-electron chi connectivity index (χ2n) is 3.33. The number of carbonyl (C=O) groups excluding carboxylic acids is 1. The quantitative estimate of drug-likeness (QED) is 0.764. The molecule has 1 aromatic carbocycles. The maximum absolute atomic E-state index is 11.4. The van der Waals surface area contributed by atoms with Gasteiger partial charge in [0.1, 0.15) is 0 Å². The van der Waals surface area contributed by atoms with Crippen LogP contribution >= 0.6 is 0 Å². The van der Waals surface area contributed by atoms with E-state index in [1.165, 1.54) is 0 Å². The van der Waals surface area contributed by atoms with Gasteiger partial charge in [-0.05, 0) is 37.1 Å². The number of nitrogens with one attached hydrogen (secondary N) is 1. The van der Waals surface area contributed by atoms with Crippen LogP contribution in [0.5, 0.6) is 0 Å². The van der Waals surface area contributed by atoms with Crippen LogP contribution in [0, 0.1) is 6.92 Å². The maximum Gasteiger partial charge on any atom is 0.248 e. The number of rotatable bonds is 4. The van der Waals surface area contributed by atoms with Crippen molar-refractivity contribution in [3.05, 3.63) is 55.0 Å². The number of allylic oxidation sites excluding steroid dienone is 2. The SMILES string of the molecule is [CH2]/C=C/c1cccc(NC(=O)C=CCC)c1. The molecule has 1 aromatic rings. The van der Waals surface area contributed by atoms with Gasteiger partial charge in [0.05, 0.1) is 0 Å². The van der Waals surface area contributed by atoms with Gasteiger partial charge in [-0.25, -0.2) is 0 Å². The highest BCUT2D eigenvalue weighted by Crippen LogP contribution is 2.11. The Kier molecular flexibility index (Phi) is 5.06. The van der Waals surface area contributed by atoms with E-state index < -0.39 is 0 Å². The fourth-order valence-corrected chi connectivity index (χ4v) is 1.26. The molecule has 83 valence electrons. The zero-order valence-corrected chi connectivity index (χ0v) is 9.44. The molecule has 2 heteroatoms. The number of anilines is 1. The average molecular weight is 214 g/mol. The zero-order valence-electron chi connectivity index (χ0n) is 9.44. The van der Waals surface area contributed by atoms with E-state index in [-0.39, 0.29) is 5.91 Å². The fraction of sp³-hybridized carbons (Fsp3) is 0.143. The Bertz CT molecular complexity index is 405. The molecule has 0 heterocycles. The first kappa shape index (κ1) is 12.2. The Balaban J connectivity index is 2.70. The van der Waals surface area contributed by atoms with Crippen molar-refractivity contribution in [3.8, 4) is 0 Å². The Hall–Kier alpha value is -1.83. The van der Waals surface area contributed by atoms with Gasteiger partial charge in [-0.1, -0.05) is 37.3 Å². The second-order valence-corrected chi connectivity index (χ2v) is 3.33. The van der Waals surface area contributed by atoms with Gasteiger partial charge in [0.25, 0.3) is 0 Å². The van der Waals surface area contributed by atoms with Gasteiger partial charge >= 0.3 is 0 Å². The summed E-state index contributed by atoms with van der Waals surface area (Å²) in [7, 11) is 0. The molecule has 0 unspecified atom stereocenters. The number of hydrogen-bond donors (Lipinski definition) is 1. The van der Waals surface area contributed by atoms with Crippen molar-refractivity contribution in [2.24, 2.45) is 0 Å². The molecule has 0 aliphatic heterocycles.